The second-order valence-electron chi connectivity index (χ2n) is 14.2. The van der Waals surface area contributed by atoms with Gasteiger partial charge in [-0.1, -0.05) is 146 Å². The third kappa shape index (κ3) is 5.47. The van der Waals surface area contributed by atoms with Crippen LogP contribution in [0, 0.1) is 0 Å². The fourth-order valence-electron chi connectivity index (χ4n) is 8.09. The summed E-state index contributed by atoms with van der Waals surface area (Å²) in [6, 6.07) is 70.3. The first-order valence-electron chi connectivity index (χ1n) is 18.9. The van der Waals surface area contributed by atoms with Crippen molar-refractivity contribution in [1.29, 1.82) is 0 Å². The molecule has 0 spiro atoms. The normalized spacial score (nSPS) is 11.6. The Hall–Kier alpha value is -7.56. The van der Waals surface area contributed by atoms with E-state index in [2.05, 4.69) is 180 Å². The number of nitrogens with zero attached hydrogens (tertiary/aromatic N) is 3. The molecule has 4 nitrogen and oxygen atoms in total. The van der Waals surface area contributed by atoms with Crippen molar-refractivity contribution in [2.24, 2.45) is 0 Å². The van der Waals surface area contributed by atoms with E-state index in [1.165, 1.54) is 21.9 Å². The number of aromatic nitrogens is 3. The number of hydrogen-bond acceptors (Lipinski definition) is 3. The van der Waals surface area contributed by atoms with Gasteiger partial charge in [0, 0.05) is 43.9 Å². The van der Waals surface area contributed by atoms with Crippen molar-refractivity contribution in [3.05, 3.63) is 200 Å². The smallest absolute Gasteiger partial charge is 0.160 e. The van der Waals surface area contributed by atoms with Crippen molar-refractivity contribution in [2.75, 3.05) is 0 Å². The van der Waals surface area contributed by atoms with Gasteiger partial charge < -0.3 is 8.98 Å². The van der Waals surface area contributed by atoms with Crippen LogP contribution < -0.4 is 0 Å². The van der Waals surface area contributed by atoms with Gasteiger partial charge in [-0.3, -0.25) is 0 Å². The summed E-state index contributed by atoms with van der Waals surface area (Å²) in [5, 5.41) is 4.56. The summed E-state index contributed by atoms with van der Waals surface area (Å²) < 4.78 is 8.57. The maximum atomic E-state index is 6.21. The lowest BCUT2D eigenvalue weighted by atomic mass is 9.99. The van der Waals surface area contributed by atoms with E-state index in [1.807, 2.05) is 24.3 Å². The summed E-state index contributed by atoms with van der Waals surface area (Å²) in [4.78, 5) is 10.6. The zero-order valence-electron chi connectivity index (χ0n) is 30.3. The average Bonchev–Trinajstić information content (AvgIpc) is 3.82. The lowest BCUT2D eigenvalue weighted by Gasteiger charge is -2.12. The van der Waals surface area contributed by atoms with Crippen LogP contribution in [-0.2, 0) is 0 Å². The Balaban J connectivity index is 1.12. The van der Waals surface area contributed by atoms with E-state index in [0.29, 0.717) is 5.82 Å². The summed E-state index contributed by atoms with van der Waals surface area (Å²) in [5.74, 6) is 0.669. The molecule has 11 aromatic rings. The van der Waals surface area contributed by atoms with Crippen LogP contribution in [0.25, 0.3) is 106 Å². The van der Waals surface area contributed by atoms with E-state index in [1.54, 1.807) is 0 Å². The SMILES string of the molecule is c1ccc(-c2cccc(-c3cc(-c4cccc(-c5ccccc5)c4)nc(-c4ccc5c6ccccc6n(-c6ccc7oc8ccccc8c7c6)c5c4)n3)c2)cc1. The van der Waals surface area contributed by atoms with Gasteiger partial charge >= 0.3 is 0 Å². The number of furan rings is 1. The van der Waals surface area contributed by atoms with Gasteiger partial charge in [-0.25, -0.2) is 9.97 Å². The second kappa shape index (κ2) is 13.1. The molecule has 0 saturated carbocycles. The topological polar surface area (TPSA) is 43.9 Å². The van der Waals surface area contributed by atoms with E-state index < -0.39 is 0 Å². The Kier molecular flexibility index (Phi) is 7.46. The van der Waals surface area contributed by atoms with E-state index in [0.717, 1.165) is 77.9 Å². The number of para-hydroxylation sites is 2. The molecule has 0 N–H and O–H groups in total. The Morgan fingerprint density at radius 1 is 0.321 bits per heavy atom. The first-order chi connectivity index (χ1) is 27.7. The zero-order valence-corrected chi connectivity index (χ0v) is 30.3. The Labute approximate surface area is 323 Å². The molecular formula is C52H33N3O. The largest absolute Gasteiger partial charge is 0.456 e. The minimum atomic E-state index is 0.669. The highest BCUT2D eigenvalue weighted by molar-refractivity contribution is 6.11. The molecule has 11 rings (SSSR count). The predicted molar refractivity (Wildman–Crippen MR) is 231 cm³/mol. The van der Waals surface area contributed by atoms with Crippen molar-refractivity contribution in [1.82, 2.24) is 14.5 Å². The van der Waals surface area contributed by atoms with Crippen LogP contribution >= 0.6 is 0 Å². The van der Waals surface area contributed by atoms with Crippen LogP contribution in [-0.4, -0.2) is 14.5 Å². The molecule has 0 unspecified atom stereocenters. The van der Waals surface area contributed by atoms with E-state index in [4.69, 9.17) is 14.4 Å². The summed E-state index contributed by atoms with van der Waals surface area (Å²) >= 11 is 0. The molecule has 0 bridgehead atoms. The summed E-state index contributed by atoms with van der Waals surface area (Å²) in [5.41, 5.74) is 14.4. The van der Waals surface area contributed by atoms with Gasteiger partial charge in [0.2, 0.25) is 0 Å². The van der Waals surface area contributed by atoms with Crippen LogP contribution in [0.3, 0.4) is 0 Å². The minimum absolute atomic E-state index is 0.669. The van der Waals surface area contributed by atoms with Crippen molar-refractivity contribution >= 4 is 43.7 Å². The van der Waals surface area contributed by atoms with Gasteiger partial charge in [-0.2, -0.15) is 0 Å². The molecule has 8 aromatic carbocycles. The summed E-state index contributed by atoms with van der Waals surface area (Å²) in [7, 11) is 0. The number of rotatable bonds is 6. The zero-order chi connectivity index (χ0) is 37.0. The van der Waals surface area contributed by atoms with Crippen molar-refractivity contribution in [2.45, 2.75) is 0 Å². The first kappa shape index (κ1) is 31.9. The van der Waals surface area contributed by atoms with Crippen LogP contribution in [0.1, 0.15) is 0 Å². The molecule has 3 heterocycles. The first-order valence-corrected chi connectivity index (χ1v) is 18.9. The number of benzene rings is 8. The van der Waals surface area contributed by atoms with Gasteiger partial charge in [-0.15, -0.1) is 0 Å². The molecule has 3 aromatic heterocycles. The molecule has 0 radical (unpaired) electrons. The van der Waals surface area contributed by atoms with Gasteiger partial charge in [0.15, 0.2) is 5.82 Å². The highest BCUT2D eigenvalue weighted by Gasteiger charge is 2.18. The Morgan fingerprint density at radius 3 is 1.57 bits per heavy atom. The molecule has 0 aliphatic rings. The Morgan fingerprint density at radius 2 is 0.875 bits per heavy atom. The lowest BCUT2D eigenvalue weighted by molar-refractivity contribution is 0.669. The molecule has 0 atom stereocenters. The molecular weight excluding hydrogens is 683 g/mol. The summed E-state index contributed by atoms with van der Waals surface area (Å²) in [6.45, 7) is 0. The predicted octanol–water partition coefficient (Wildman–Crippen LogP) is 13.8. The monoisotopic (exact) mass is 715 g/mol. The summed E-state index contributed by atoms with van der Waals surface area (Å²) in [6.07, 6.45) is 0. The third-order valence-corrected chi connectivity index (χ3v) is 10.8. The fraction of sp³-hybridized carbons (Fsp3) is 0. The van der Waals surface area contributed by atoms with Crippen LogP contribution in [0.2, 0.25) is 0 Å². The van der Waals surface area contributed by atoms with Gasteiger partial charge in [-0.05, 0) is 76.9 Å². The fourth-order valence-corrected chi connectivity index (χ4v) is 8.09. The average molecular weight is 716 g/mol. The van der Waals surface area contributed by atoms with E-state index >= 15 is 0 Å². The van der Waals surface area contributed by atoms with Crippen molar-refractivity contribution < 1.29 is 4.42 Å². The molecule has 0 saturated heterocycles. The highest BCUT2D eigenvalue weighted by Crippen LogP contribution is 2.38. The van der Waals surface area contributed by atoms with Crippen LogP contribution in [0.15, 0.2) is 205 Å². The van der Waals surface area contributed by atoms with Crippen molar-refractivity contribution in [3.63, 3.8) is 0 Å². The standard InChI is InChI=1S/C52H33N3O/c1-3-13-34(14-4-1)36-17-11-19-38(29-36)46-33-47(39-20-12-18-37(30-39)35-15-5-2-6-16-35)54-52(53-46)40-25-27-43-42-21-7-9-23-48(42)55(49(43)31-40)41-26-28-51-45(32-41)44-22-8-10-24-50(44)56-51/h1-33H. The van der Waals surface area contributed by atoms with Crippen molar-refractivity contribution in [3.8, 4) is 61.8 Å². The number of hydrogen-bond donors (Lipinski definition) is 0. The molecule has 0 aliphatic heterocycles. The van der Waals surface area contributed by atoms with Crippen LogP contribution in [0.4, 0.5) is 0 Å². The number of fused-ring (bicyclic) bond motifs is 6. The van der Waals surface area contributed by atoms with E-state index in [-0.39, 0.29) is 0 Å². The quantitative estimate of drug-likeness (QED) is 0.172. The maximum Gasteiger partial charge on any atom is 0.160 e. The highest BCUT2D eigenvalue weighted by atomic mass is 16.3. The molecule has 0 amide bonds. The van der Waals surface area contributed by atoms with Gasteiger partial charge in [0.1, 0.15) is 11.2 Å². The molecule has 0 fully saturated rings. The van der Waals surface area contributed by atoms with Crippen LogP contribution in [0.5, 0.6) is 0 Å². The van der Waals surface area contributed by atoms with Gasteiger partial charge in [0.25, 0.3) is 0 Å². The third-order valence-electron chi connectivity index (χ3n) is 10.8. The minimum Gasteiger partial charge on any atom is -0.456 e. The molecule has 56 heavy (non-hydrogen) atoms. The lowest BCUT2D eigenvalue weighted by Crippen LogP contribution is -1.97. The molecule has 262 valence electrons. The maximum absolute atomic E-state index is 6.21. The Bertz CT molecular complexity index is 3150. The van der Waals surface area contributed by atoms with E-state index in [9.17, 15) is 0 Å². The molecule has 4 heteroatoms. The second-order valence-corrected chi connectivity index (χ2v) is 14.2. The molecule has 0 aliphatic carbocycles. The van der Waals surface area contributed by atoms with Gasteiger partial charge in [0.05, 0.1) is 22.4 Å².